The summed E-state index contributed by atoms with van der Waals surface area (Å²) in [5.41, 5.74) is 7.74. The van der Waals surface area contributed by atoms with Crippen LogP contribution in [0.15, 0.2) is 48.7 Å². The third kappa shape index (κ3) is 4.35. The van der Waals surface area contributed by atoms with Crippen molar-refractivity contribution in [2.75, 3.05) is 18.0 Å². The predicted octanol–water partition coefficient (Wildman–Crippen LogP) is 1.71. The Morgan fingerprint density at radius 1 is 1.24 bits per heavy atom. The summed E-state index contributed by atoms with van der Waals surface area (Å²) in [5.74, 6) is -0.619. The third-order valence-corrected chi connectivity index (χ3v) is 4.46. The van der Waals surface area contributed by atoms with Gasteiger partial charge in [0.25, 0.3) is 5.91 Å². The lowest BCUT2D eigenvalue weighted by atomic mass is 9.97. The van der Waals surface area contributed by atoms with Gasteiger partial charge in [0, 0.05) is 31.5 Å². The molecule has 0 radical (unpaired) electrons. The van der Waals surface area contributed by atoms with E-state index in [1.54, 1.807) is 12.3 Å². The normalized spacial score (nSPS) is 17.1. The van der Waals surface area contributed by atoms with Crippen LogP contribution in [0.5, 0.6) is 0 Å². The van der Waals surface area contributed by atoms with E-state index in [-0.39, 0.29) is 17.7 Å². The van der Waals surface area contributed by atoms with Crippen LogP contribution in [-0.2, 0) is 11.3 Å². The van der Waals surface area contributed by atoms with Crippen LogP contribution in [0.3, 0.4) is 0 Å². The van der Waals surface area contributed by atoms with Crippen LogP contribution >= 0.6 is 0 Å². The molecule has 0 unspecified atom stereocenters. The van der Waals surface area contributed by atoms with Crippen molar-refractivity contribution < 1.29 is 9.59 Å². The molecular weight excluding hydrogens is 316 g/mol. The van der Waals surface area contributed by atoms with Crippen molar-refractivity contribution in [3.63, 3.8) is 0 Å². The number of rotatable bonds is 5. The molecule has 25 heavy (non-hydrogen) atoms. The molecule has 2 aromatic rings. The number of primary amides is 1. The SMILES string of the molecule is NC(=O)[C@H]1CCCN(c2ccnc(C(=O)NCc3ccccc3)c2)C1. The Morgan fingerprint density at radius 3 is 2.80 bits per heavy atom. The van der Waals surface area contributed by atoms with Gasteiger partial charge in [-0.3, -0.25) is 14.6 Å². The largest absolute Gasteiger partial charge is 0.371 e. The minimum Gasteiger partial charge on any atom is -0.371 e. The number of pyridine rings is 1. The second kappa shape index (κ2) is 7.79. The van der Waals surface area contributed by atoms with Crippen molar-refractivity contribution in [3.05, 3.63) is 59.9 Å². The first kappa shape index (κ1) is 17.0. The molecule has 1 saturated heterocycles. The third-order valence-electron chi connectivity index (χ3n) is 4.46. The van der Waals surface area contributed by atoms with Crippen molar-refractivity contribution >= 4 is 17.5 Å². The number of anilines is 1. The Morgan fingerprint density at radius 2 is 2.04 bits per heavy atom. The standard InChI is InChI=1S/C19H22N4O2/c20-18(24)15-7-4-10-23(13-15)16-8-9-21-17(11-16)19(25)22-12-14-5-2-1-3-6-14/h1-3,5-6,8-9,11,15H,4,7,10,12-13H2,(H2,20,24)(H,22,25)/t15-/m0/s1. The zero-order chi connectivity index (χ0) is 17.6. The monoisotopic (exact) mass is 338 g/mol. The molecule has 1 atom stereocenters. The molecule has 0 aliphatic carbocycles. The number of aromatic nitrogens is 1. The smallest absolute Gasteiger partial charge is 0.270 e. The summed E-state index contributed by atoms with van der Waals surface area (Å²) in [6, 6.07) is 13.4. The molecule has 1 aromatic carbocycles. The van der Waals surface area contributed by atoms with Gasteiger partial charge in [0.2, 0.25) is 5.91 Å². The number of carbonyl (C=O) groups is 2. The van der Waals surface area contributed by atoms with Gasteiger partial charge in [-0.2, -0.15) is 0 Å². The molecule has 1 fully saturated rings. The molecule has 1 aliphatic heterocycles. The molecule has 3 N–H and O–H groups in total. The van der Waals surface area contributed by atoms with E-state index in [2.05, 4.69) is 15.2 Å². The summed E-state index contributed by atoms with van der Waals surface area (Å²) in [4.78, 5) is 30.1. The lowest BCUT2D eigenvalue weighted by molar-refractivity contribution is -0.122. The minimum atomic E-state index is -0.264. The highest BCUT2D eigenvalue weighted by Crippen LogP contribution is 2.23. The van der Waals surface area contributed by atoms with E-state index < -0.39 is 0 Å². The Balaban J connectivity index is 1.66. The van der Waals surface area contributed by atoms with E-state index in [0.717, 1.165) is 30.6 Å². The van der Waals surface area contributed by atoms with Gasteiger partial charge in [0.05, 0.1) is 5.92 Å². The summed E-state index contributed by atoms with van der Waals surface area (Å²) >= 11 is 0. The molecular formula is C19H22N4O2. The molecule has 1 aliphatic rings. The van der Waals surface area contributed by atoms with Crippen LogP contribution in [0.4, 0.5) is 5.69 Å². The topological polar surface area (TPSA) is 88.3 Å². The van der Waals surface area contributed by atoms with Gasteiger partial charge in [0.1, 0.15) is 5.69 Å². The van der Waals surface area contributed by atoms with Crippen molar-refractivity contribution in [1.82, 2.24) is 10.3 Å². The molecule has 1 aromatic heterocycles. The van der Waals surface area contributed by atoms with E-state index in [1.165, 1.54) is 0 Å². The molecule has 2 amide bonds. The van der Waals surface area contributed by atoms with Crippen LogP contribution in [-0.4, -0.2) is 29.9 Å². The number of hydrogen-bond acceptors (Lipinski definition) is 4. The number of amides is 2. The first-order valence-electron chi connectivity index (χ1n) is 8.46. The highest BCUT2D eigenvalue weighted by atomic mass is 16.2. The van der Waals surface area contributed by atoms with Gasteiger partial charge < -0.3 is 16.0 Å². The number of nitrogens with two attached hydrogens (primary N) is 1. The average Bonchev–Trinajstić information content (AvgIpc) is 2.67. The van der Waals surface area contributed by atoms with Crippen LogP contribution in [0.25, 0.3) is 0 Å². The van der Waals surface area contributed by atoms with Crippen molar-refractivity contribution in [2.45, 2.75) is 19.4 Å². The highest BCUT2D eigenvalue weighted by Gasteiger charge is 2.24. The summed E-state index contributed by atoms with van der Waals surface area (Å²) < 4.78 is 0. The lowest BCUT2D eigenvalue weighted by Crippen LogP contribution is -2.41. The molecule has 0 spiro atoms. The van der Waals surface area contributed by atoms with Gasteiger partial charge in [-0.05, 0) is 30.5 Å². The van der Waals surface area contributed by atoms with E-state index >= 15 is 0 Å². The Bertz CT molecular complexity index is 748. The number of piperidine rings is 1. The predicted molar refractivity (Wildman–Crippen MR) is 96.0 cm³/mol. The number of carbonyl (C=O) groups excluding carboxylic acids is 2. The Labute approximate surface area is 147 Å². The maximum Gasteiger partial charge on any atom is 0.270 e. The van der Waals surface area contributed by atoms with Crippen LogP contribution in [0, 0.1) is 5.92 Å². The molecule has 6 heteroatoms. The maximum absolute atomic E-state index is 12.4. The zero-order valence-corrected chi connectivity index (χ0v) is 14.0. The summed E-state index contributed by atoms with van der Waals surface area (Å²) in [7, 11) is 0. The Hall–Kier alpha value is -2.89. The first-order valence-corrected chi connectivity index (χ1v) is 8.46. The fraction of sp³-hybridized carbons (Fsp3) is 0.316. The highest BCUT2D eigenvalue weighted by molar-refractivity contribution is 5.93. The summed E-state index contributed by atoms with van der Waals surface area (Å²) in [6.45, 7) is 1.89. The molecule has 130 valence electrons. The fourth-order valence-electron chi connectivity index (χ4n) is 3.05. The lowest BCUT2D eigenvalue weighted by Gasteiger charge is -2.33. The quantitative estimate of drug-likeness (QED) is 0.869. The summed E-state index contributed by atoms with van der Waals surface area (Å²) in [5, 5.41) is 2.88. The zero-order valence-electron chi connectivity index (χ0n) is 14.0. The number of benzene rings is 1. The molecule has 6 nitrogen and oxygen atoms in total. The first-order chi connectivity index (χ1) is 12.1. The van der Waals surface area contributed by atoms with Crippen molar-refractivity contribution in [2.24, 2.45) is 11.7 Å². The van der Waals surface area contributed by atoms with E-state index in [0.29, 0.717) is 18.8 Å². The molecule has 0 saturated carbocycles. The van der Waals surface area contributed by atoms with Gasteiger partial charge >= 0.3 is 0 Å². The molecule has 3 rings (SSSR count). The van der Waals surface area contributed by atoms with Crippen LogP contribution < -0.4 is 16.0 Å². The van der Waals surface area contributed by atoms with Gasteiger partial charge in [0.15, 0.2) is 0 Å². The van der Waals surface area contributed by atoms with Gasteiger partial charge in [-0.15, -0.1) is 0 Å². The number of nitrogens with one attached hydrogen (secondary N) is 1. The second-order valence-corrected chi connectivity index (χ2v) is 6.26. The number of hydrogen-bond donors (Lipinski definition) is 2. The fourth-order valence-corrected chi connectivity index (χ4v) is 3.05. The van der Waals surface area contributed by atoms with E-state index in [4.69, 9.17) is 5.73 Å². The second-order valence-electron chi connectivity index (χ2n) is 6.26. The van der Waals surface area contributed by atoms with Crippen molar-refractivity contribution in [3.8, 4) is 0 Å². The average molecular weight is 338 g/mol. The van der Waals surface area contributed by atoms with Crippen molar-refractivity contribution in [1.29, 1.82) is 0 Å². The number of nitrogens with zero attached hydrogens (tertiary/aromatic N) is 2. The van der Waals surface area contributed by atoms with Crippen LogP contribution in [0.1, 0.15) is 28.9 Å². The molecule has 2 heterocycles. The maximum atomic E-state index is 12.4. The molecule has 0 bridgehead atoms. The minimum absolute atomic E-state index is 0.141. The van der Waals surface area contributed by atoms with Gasteiger partial charge in [-0.25, -0.2) is 0 Å². The Kier molecular flexibility index (Phi) is 5.28. The van der Waals surface area contributed by atoms with Crippen LogP contribution in [0.2, 0.25) is 0 Å². The summed E-state index contributed by atoms with van der Waals surface area (Å²) in [6.07, 6.45) is 3.35. The van der Waals surface area contributed by atoms with Gasteiger partial charge in [-0.1, -0.05) is 30.3 Å². The van der Waals surface area contributed by atoms with E-state index in [1.807, 2.05) is 36.4 Å². The van der Waals surface area contributed by atoms with E-state index in [9.17, 15) is 9.59 Å².